The highest BCUT2D eigenvalue weighted by molar-refractivity contribution is 6.43. The summed E-state index contributed by atoms with van der Waals surface area (Å²) in [6.45, 7) is 9.18. The fraction of sp³-hybridized carbons (Fsp3) is 0.700. The Bertz CT molecular complexity index is 1520. The van der Waals surface area contributed by atoms with Crippen LogP contribution in [0.5, 0.6) is 0 Å². The van der Waals surface area contributed by atoms with Gasteiger partial charge < -0.3 is 0 Å². The van der Waals surface area contributed by atoms with E-state index < -0.39 is 0 Å². The maximum atomic E-state index is 5.51. The number of unbranched alkanes of at least 4 members (excludes halogenated alkanes) is 28. The molecule has 62 heavy (non-hydrogen) atoms. The standard InChI is InChI=1S/C60H96N2/c1-5-9-13-16-18-20-22-24-26-28-30-32-34-36-38-40-47-55-49-43-45-52-57(55)61-59(51-12-8-4)60(54-42-15-11-7-3)62-58-53-46-44-50-56(58)48-41-39-37-35-33-31-29-27-25-23-21-19-17-14-10-6-2/h43-46,49-50,52-53H,5-33,38-42,47-48,51,54H2,1-4H3. The largest absolute Gasteiger partial charge is 0.251 e. The van der Waals surface area contributed by atoms with Gasteiger partial charge in [-0.15, -0.1) is 23.7 Å². The van der Waals surface area contributed by atoms with Gasteiger partial charge in [0.15, 0.2) is 0 Å². The van der Waals surface area contributed by atoms with Crippen LogP contribution in [0, 0.1) is 23.7 Å². The molecule has 0 saturated heterocycles. The third-order valence-electron chi connectivity index (χ3n) is 12.4. The minimum absolute atomic E-state index is 0.963. The number of para-hydroxylation sites is 2. The van der Waals surface area contributed by atoms with Crippen molar-refractivity contribution in [3.05, 3.63) is 59.7 Å². The highest BCUT2D eigenvalue weighted by Gasteiger charge is 2.13. The maximum Gasteiger partial charge on any atom is 0.0665 e. The molecule has 0 heterocycles. The van der Waals surface area contributed by atoms with Crippen LogP contribution in [0.1, 0.15) is 270 Å². The van der Waals surface area contributed by atoms with E-state index >= 15 is 0 Å². The molecule has 0 N–H and O–H groups in total. The minimum atomic E-state index is 0.963. The Kier molecular flexibility index (Phi) is 37.2. The first-order valence-electron chi connectivity index (χ1n) is 27.0. The van der Waals surface area contributed by atoms with Crippen molar-refractivity contribution in [2.24, 2.45) is 9.98 Å². The van der Waals surface area contributed by atoms with Gasteiger partial charge in [0.2, 0.25) is 0 Å². The fourth-order valence-electron chi connectivity index (χ4n) is 8.39. The predicted molar refractivity (Wildman–Crippen MR) is 279 cm³/mol. The van der Waals surface area contributed by atoms with Crippen LogP contribution in [0.15, 0.2) is 58.5 Å². The van der Waals surface area contributed by atoms with Crippen molar-refractivity contribution in [3.63, 3.8) is 0 Å². The summed E-state index contributed by atoms with van der Waals surface area (Å²) in [6.07, 6.45) is 47.9. The number of hydrogen-bond donors (Lipinski definition) is 0. The lowest BCUT2D eigenvalue weighted by atomic mass is 10.0. The molecule has 2 aromatic rings. The van der Waals surface area contributed by atoms with Crippen molar-refractivity contribution in [2.75, 3.05) is 0 Å². The van der Waals surface area contributed by atoms with Crippen LogP contribution in [0.2, 0.25) is 0 Å². The van der Waals surface area contributed by atoms with E-state index in [1.54, 1.807) is 0 Å². The van der Waals surface area contributed by atoms with Gasteiger partial charge in [0.1, 0.15) is 0 Å². The summed E-state index contributed by atoms with van der Waals surface area (Å²) in [6, 6.07) is 17.7. The molecule has 0 radical (unpaired) electrons. The number of aliphatic imine (C=N–C) groups is 2. The topological polar surface area (TPSA) is 24.7 Å². The first-order chi connectivity index (χ1) is 30.7. The molecular weight excluding hydrogens is 749 g/mol. The molecule has 0 spiro atoms. The summed E-state index contributed by atoms with van der Waals surface area (Å²) in [7, 11) is 0. The van der Waals surface area contributed by atoms with Crippen molar-refractivity contribution in [1.82, 2.24) is 0 Å². The number of hydrogen-bond acceptors (Lipinski definition) is 2. The molecule has 0 amide bonds. The molecule has 2 nitrogen and oxygen atoms in total. The average molecular weight is 845 g/mol. The maximum absolute atomic E-state index is 5.51. The quantitative estimate of drug-likeness (QED) is 0.0364. The van der Waals surface area contributed by atoms with Crippen molar-refractivity contribution in [2.45, 2.75) is 272 Å². The van der Waals surface area contributed by atoms with Crippen molar-refractivity contribution >= 4 is 22.8 Å². The monoisotopic (exact) mass is 845 g/mol. The van der Waals surface area contributed by atoms with Crippen LogP contribution in [0.25, 0.3) is 0 Å². The second kappa shape index (κ2) is 41.9. The van der Waals surface area contributed by atoms with Crippen LogP contribution < -0.4 is 0 Å². The smallest absolute Gasteiger partial charge is 0.0665 e. The SMILES string of the molecule is CCCCCCCCCCCCCC#CCCCc1ccccc1N=C(CCCC)C(CCCCCC)=Nc1ccccc1CCCC#CCCCCCCCCCCCCC. The molecule has 0 aromatic heterocycles. The lowest BCUT2D eigenvalue weighted by molar-refractivity contribution is 0.551. The summed E-state index contributed by atoms with van der Waals surface area (Å²) in [5.41, 5.74) is 7.29. The lowest BCUT2D eigenvalue weighted by Crippen LogP contribution is -2.15. The van der Waals surface area contributed by atoms with E-state index in [-0.39, 0.29) is 0 Å². The van der Waals surface area contributed by atoms with Crippen LogP contribution >= 0.6 is 0 Å². The summed E-state index contributed by atoms with van der Waals surface area (Å²) in [5, 5.41) is 0. The Labute approximate surface area is 386 Å². The molecule has 0 bridgehead atoms. The first kappa shape index (κ1) is 55.0. The Hall–Kier alpha value is -3.10. The molecule has 0 aliphatic carbocycles. The molecule has 2 aromatic carbocycles. The zero-order chi connectivity index (χ0) is 44.2. The zero-order valence-electron chi connectivity index (χ0n) is 41.4. The van der Waals surface area contributed by atoms with Gasteiger partial charge in [-0.25, -0.2) is 0 Å². The zero-order valence-corrected chi connectivity index (χ0v) is 41.4. The highest BCUT2D eigenvalue weighted by atomic mass is 14.8. The van der Waals surface area contributed by atoms with E-state index in [0.717, 1.165) is 94.8 Å². The normalized spacial score (nSPS) is 11.7. The van der Waals surface area contributed by atoms with Gasteiger partial charge in [-0.2, -0.15) is 0 Å². The molecule has 2 rings (SSSR count). The van der Waals surface area contributed by atoms with Gasteiger partial charge in [-0.05, 0) is 87.5 Å². The van der Waals surface area contributed by atoms with Crippen LogP contribution in [-0.2, 0) is 12.8 Å². The number of nitrogens with zero attached hydrogens (tertiary/aromatic N) is 2. The predicted octanol–water partition coefficient (Wildman–Crippen LogP) is 19.7. The average Bonchev–Trinajstić information content (AvgIpc) is 3.29. The molecular formula is C60H96N2. The molecule has 0 atom stereocenters. The Morgan fingerprint density at radius 3 is 0.984 bits per heavy atom. The second-order valence-corrected chi connectivity index (χ2v) is 18.3. The summed E-state index contributed by atoms with van der Waals surface area (Å²) in [5.74, 6) is 14.0. The Balaban J connectivity index is 1.96. The van der Waals surface area contributed by atoms with Crippen LogP contribution in [0.4, 0.5) is 11.4 Å². The Morgan fingerprint density at radius 2 is 0.613 bits per heavy atom. The summed E-state index contributed by atoms with van der Waals surface area (Å²) >= 11 is 0. The van der Waals surface area contributed by atoms with E-state index in [9.17, 15) is 0 Å². The number of rotatable bonds is 39. The third kappa shape index (κ3) is 30.1. The highest BCUT2D eigenvalue weighted by Crippen LogP contribution is 2.26. The van der Waals surface area contributed by atoms with Gasteiger partial charge in [-0.3, -0.25) is 9.98 Å². The molecule has 2 heteroatoms. The van der Waals surface area contributed by atoms with E-state index in [0.29, 0.717) is 0 Å². The first-order valence-corrected chi connectivity index (χ1v) is 27.0. The van der Waals surface area contributed by atoms with E-state index in [1.165, 1.54) is 183 Å². The molecule has 0 aliphatic heterocycles. The molecule has 0 aliphatic rings. The summed E-state index contributed by atoms with van der Waals surface area (Å²) in [4.78, 5) is 11.0. The lowest BCUT2D eigenvalue weighted by Gasteiger charge is -2.14. The van der Waals surface area contributed by atoms with Crippen molar-refractivity contribution < 1.29 is 0 Å². The van der Waals surface area contributed by atoms with E-state index in [1.807, 2.05) is 0 Å². The van der Waals surface area contributed by atoms with E-state index in [4.69, 9.17) is 9.98 Å². The van der Waals surface area contributed by atoms with Gasteiger partial charge in [0, 0.05) is 25.7 Å². The minimum Gasteiger partial charge on any atom is -0.251 e. The Morgan fingerprint density at radius 1 is 0.323 bits per heavy atom. The third-order valence-corrected chi connectivity index (χ3v) is 12.4. The summed E-state index contributed by atoms with van der Waals surface area (Å²) < 4.78 is 0. The molecule has 0 saturated carbocycles. The van der Waals surface area contributed by atoms with Gasteiger partial charge in [0.05, 0.1) is 22.8 Å². The van der Waals surface area contributed by atoms with E-state index in [2.05, 4.69) is 99.9 Å². The number of benzene rings is 2. The van der Waals surface area contributed by atoms with Crippen molar-refractivity contribution in [3.8, 4) is 23.7 Å². The van der Waals surface area contributed by atoms with Crippen LogP contribution in [-0.4, -0.2) is 11.4 Å². The molecule has 346 valence electrons. The van der Waals surface area contributed by atoms with Gasteiger partial charge in [0.25, 0.3) is 0 Å². The molecule has 0 unspecified atom stereocenters. The second-order valence-electron chi connectivity index (χ2n) is 18.3. The number of aryl methyl sites for hydroxylation is 2. The fourth-order valence-corrected chi connectivity index (χ4v) is 8.39. The van der Waals surface area contributed by atoms with Gasteiger partial charge >= 0.3 is 0 Å². The van der Waals surface area contributed by atoms with Gasteiger partial charge in [-0.1, -0.05) is 218 Å². The van der Waals surface area contributed by atoms with Crippen LogP contribution in [0.3, 0.4) is 0 Å². The van der Waals surface area contributed by atoms with Crippen molar-refractivity contribution in [1.29, 1.82) is 0 Å². The molecule has 0 fully saturated rings.